The van der Waals surface area contributed by atoms with Crippen LogP contribution in [-0.2, 0) is 14.3 Å². The second kappa shape index (κ2) is 8.31. The van der Waals surface area contributed by atoms with Crippen LogP contribution in [0.2, 0.25) is 0 Å². The predicted octanol–water partition coefficient (Wildman–Crippen LogP) is 4.07. The molecule has 7 heteroatoms. The number of aryl methyl sites for hydroxylation is 1. The van der Waals surface area contributed by atoms with Gasteiger partial charge in [0.25, 0.3) is 0 Å². The number of benzene rings is 2. The number of carbonyl (C=O) groups is 2. The molecule has 0 fully saturated rings. The van der Waals surface area contributed by atoms with Crippen LogP contribution < -0.4 is 20.1 Å². The third-order valence-corrected chi connectivity index (χ3v) is 6.28. The molecule has 3 aliphatic rings. The van der Waals surface area contributed by atoms with Crippen molar-refractivity contribution in [2.75, 3.05) is 18.3 Å². The maximum Gasteiger partial charge on any atom is 0.338 e. The molecule has 170 valence electrons. The van der Waals surface area contributed by atoms with Gasteiger partial charge in [0.15, 0.2) is 17.3 Å². The number of carbonyl (C=O) groups excluding carboxylic acids is 2. The van der Waals surface area contributed by atoms with E-state index in [4.69, 9.17) is 19.9 Å². The molecule has 2 N–H and O–H groups in total. The van der Waals surface area contributed by atoms with Crippen molar-refractivity contribution in [3.8, 4) is 11.5 Å². The van der Waals surface area contributed by atoms with E-state index in [2.05, 4.69) is 0 Å². The summed E-state index contributed by atoms with van der Waals surface area (Å²) in [7, 11) is 0. The normalized spacial score (nSPS) is 19.6. The lowest BCUT2D eigenvalue weighted by atomic mass is 9.75. The number of hydrogen-bond donors (Lipinski definition) is 1. The van der Waals surface area contributed by atoms with E-state index in [1.54, 1.807) is 13.0 Å². The number of hydrogen-bond acceptors (Lipinski definition) is 7. The molecular formula is C26H26N2O5. The van der Waals surface area contributed by atoms with Crippen LogP contribution in [0.25, 0.3) is 0 Å². The van der Waals surface area contributed by atoms with Gasteiger partial charge in [-0.1, -0.05) is 18.2 Å². The lowest BCUT2D eigenvalue weighted by molar-refractivity contribution is -0.138. The highest BCUT2D eigenvalue weighted by Crippen LogP contribution is 2.48. The van der Waals surface area contributed by atoms with Gasteiger partial charge in [-0.15, -0.1) is 0 Å². The number of fused-ring (bicyclic) bond motifs is 1. The van der Waals surface area contributed by atoms with E-state index in [1.165, 1.54) is 0 Å². The van der Waals surface area contributed by atoms with Crippen LogP contribution in [0.15, 0.2) is 65.1 Å². The fourth-order valence-electron chi connectivity index (χ4n) is 4.88. The Hall–Kier alpha value is -3.74. The molecule has 0 radical (unpaired) electrons. The molecule has 0 aromatic heterocycles. The number of nitrogens with zero attached hydrogens (tertiary/aromatic N) is 1. The lowest BCUT2D eigenvalue weighted by Crippen LogP contribution is -2.41. The van der Waals surface area contributed by atoms with Crippen molar-refractivity contribution in [1.29, 1.82) is 0 Å². The first-order valence-corrected chi connectivity index (χ1v) is 11.2. The third kappa shape index (κ3) is 3.53. The van der Waals surface area contributed by atoms with Crippen molar-refractivity contribution in [3.05, 3.63) is 76.3 Å². The van der Waals surface area contributed by atoms with Crippen LogP contribution in [0.4, 0.5) is 5.69 Å². The number of esters is 1. The number of ether oxygens (including phenoxy) is 3. The van der Waals surface area contributed by atoms with Crippen LogP contribution in [0.5, 0.6) is 11.5 Å². The molecule has 0 bridgehead atoms. The number of allylic oxidation sites excluding steroid dienone is 2. The van der Waals surface area contributed by atoms with Crippen LogP contribution in [-0.4, -0.2) is 25.2 Å². The molecule has 2 aromatic carbocycles. The molecule has 0 saturated carbocycles. The highest BCUT2D eigenvalue weighted by molar-refractivity contribution is 6.05. The molecule has 0 unspecified atom stereocenters. The van der Waals surface area contributed by atoms with E-state index in [0.717, 1.165) is 28.9 Å². The van der Waals surface area contributed by atoms with Crippen LogP contribution in [0.3, 0.4) is 0 Å². The molecule has 2 aliphatic heterocycles. The van der Waals surface area contributed by atoms with Crippen molar-refractivity contribution in [2.45, 2.75) is 39.0 Å². The van der Waals surface area contributed by atoms with Crippen LogP contribution in [0.1, 0.15) is 43.2 Å². The zero-order valence-corrected chi connectivity index (χ0v) is 18.7. The smallest absolute Gasteiger partial charge is 0.338 e. The summed E-state index contributed by atoms with van der Waals surface area (Å²) >= 11 is 0. The summed E-state index contributed by atoms with van der Waals surface area (Å²) in [5, 5.41) is 0. The van der Waals surface area contributed by atoms with Gasteiger partial charge in [0, 0.05) is 23.4 Å². The van der Waals surface area contributed by atoms with E-state index < -0.39 is 11.9 Å². The quantitative estimate of drug-likeness (QED) is 0.708. The van der Waals surface area contributed by atoms with Gasteiger partial charge in [0.2, 0.25) is 6.79 Å². The fraction of sp³-hybridized carbons (Fsp3) is 0.308. The van der Waals surface area contributed by atoms with E-state index in [0.29, 0.717) is 29.9 Å². The van der Waals surface area contributed by atoms with E-state index in [9.17, 15) is 9.59 Å². The van der Waals surface area contributed by atoms with E-state index in [-0.39, 0.29) is 30.6 Å². The summed E-state index contributed by atoms with van der Waals surface area (Å²) < 4.78 is 16.4. The number of anilines is 1. The zero-order chi connectivity index (χ0) is 23.1. The second-order valence-corrected chi connectivity index (χ2v) is 8.38. The van der Waals surface area contributed by atoms with Crippen molar-refractivity contribution in [1.82, 2.24) is 0 Å². The summed E-state index contributed by atoms with van der Waals surface area (Å²) in [5.74, 6) is 0.360. The molecule has 7 nitrogen and oxygen atoms in total. The number of ketones is 1. The Morgan fingerprint density at radius 2 is 1.97 bits per heavy atom. The topological polar surface area (TPSA) is 91.1 Å². The van der Waals surface area contributed by atoms with Gasteiger partial charge in [0.1, 0.15) is 5.82 Å². The van der Waals surface area contributed by atoms with Gasteiger partial charge < -0.3 is 19.9 Å². The summed E-state index contributed by atoms with van der Waals surface area (Å²) in [4.78, 5) is 28.5. The molecule has 1 atom stereocenters. The van der Waals surface area contributed by atoms with Crippen LogP contribution >= 0.6 is 0 Å². The minimum absolute atomic E-state index is 0.0193. The molecule has 0 saturated heterocycles. The van der Waals surface area contributed by atoms with Gasteiger partial charge in [-0.05, 0) is 62.1 Å². The highest BCUT2D eigenvalue weighted by Gasteiger charge is 2.43. The van der Waals surface area contributed by atoms with Crippen molar-refractivity contribution in [2.24, 2.45) is 5.73 Å². The Morgan fingerprint density at radius 3 is 2.76 bits per heavy atom. The first-order chi connectivity index (χ1) is 16.0. The van der Waals surface area contributed by atoms with Crippen molar-refractivity contribution < 1.29 is 23.8 Å². The van der Waals surface area contributed by atoms with Gasteiger partial charge in [-0.3, -0.25) is 9.69 Å². The molecule has 33 heavy (non-hydrogen) atoms. The molecule has 2 heterocycles. The van der Waals surface area contributed by atoms with Crippen molar-refractivity contribution in [3.63, 3.8) is 0 Å². The lowest BCUT2D eigenvalue weighted by Gasteiger charge is -2.40. The minimum atomic E-state index is -0.637. The molecule has 0 spiro atoms. The molecule has 0 amide bonds. The number of nitrogens with two attached hydrogens (primary N) is 1. The standard InChI is InChI=1S/C26H26N2O5/c1-3-31-26(30)24-22(16-10-11-20-21(13-16)33-14-32-20)23-18(8-5-9-19(23)29)28(25(24)27)17-7-4-6-15(2)12-17/h4,6-7,10-13,22H,3,5,8-9,14,27H2,1-2H3/t22-/m1/s1. The Bertz CT molecular complexity index is 1210. The molecular weight excluding hydrogens is 420 g/mol. The van der Waals surface area contributed by atoms with Gasteiger partial charge in [-0.2, -0.15) is 0 Å². The second-order valence-electron chi connectivity index (χ2n) is 8.38. The molecule has 5 rings (SSSR count). The maximum atomic E-state index is 13.4. The monoisotopic (exact) mass is 446 g/mol. The summed E-state index contributed by atoms with van der Waals surface area (Å²) in [6.45, 7) is 4.09. The summed E-state index contributed by atoms with van der Waals surface area (Å²) in [5.41, 5.74) is 11.1. The maximum absolute atomic E-state index is 13.4. The SMILES string of the molecule is CCOC(=O)C1=C(N)N(c2cccc(C)c2)C2=C(C(=O)CCC2)[C@H]1c1ccc2c(c1)OCO2. The Morgan fingerprint density at radius 1 is 1.15 bits per heavy atom. The van der Waals surface area contributed by atoms with Gasteiger partial charge in [-0.25, -0.2) is 4.79 Å². The number of rotatable bonds is 4. The summed E-state index contributed by atoms with van der Waals surface area (Å²) in [6, 6.07) is 13.4. The van der Waals surface area contributed by atoms with Gasteiger partial charge >= 0.3 is 5.97 Å². The minimum Gasteiger partial charge on any atom is -0.463 e. The Labute approximate surface area is 192 Å². The largest absolute Gasteiger partial charge is 0.463 e. The summed E-state index contributed by atoms with van der Waals surface area (Å²) in [6.07, 6.45) is 1.85. The highest BCUT2D eigenvalue weighted by atomic mass is 16.7. The zero-order valence-electron chi connectivity index (χ0n) is 18.7. The molecule has 2 aromatic rings. The average Bonchev–Trinajstić information content (AvgIpc) is 3.26. The third-order valence-electron chi connectivity index (χ3n) is 6.28. The fourth-order valence-corrected chi connectivity index (χ4v) is 4.88. The van der Waals surface area contributed by atoms with Gasteiger partial charge in [0.05, 0.1) is 18.1 Å². The van der Waals surface area contributed by atoms with Crippen LogP contribution in [0, 0.1) is 6.92 Å². The average molecular weight is 447 g/mol. The number of Topliss-reactive ketones (excluding diaryl/α,β-unsaturated/α-hetero) is 1. The first kappa shape index (κ1) is 21.1. The predicted molar refractivity (Wildman–Crippen MR) is 123 cm³/mol. The van der Waals surface area contributed by atoms with E-state index in [1.807, 2.05) is 48.2 Å². The first-order valence-electron chi connectivity index (χ1n) is 11.2. The Balaban J connectivity index is 1.75. The Kier molecular flexibility index (Phi) is 5.32. The van der Waals surface area contributed by atoms with Crippen molar-refractivity contribution >= 4 is 17.4 Å². The molecule has 1 aliphatic carbocycles. The van der Waals surface area contributed by atoms with E-state index >= 15 is 0 Å².